The van der Waals surface area contributed by atoms with Crippen LogP contribution in [0.2, 0.25) is 0 Å². The van der Waals surface area contributed by atoms with Gasteiger partial charge in [0.25, 0.3) is 0 Å². The Morgan fingerprint density at radius 1 is 1.00 bits per heavy atom. The fourth-order valence-corrected chi connectivity index (χ4v) is 8.68. The molecule has 25 nitrogen and oxygen atoms in total. The number of ether oxygens (including phenoxy) is 1. The zero-order chi connectivity index (χ0) is 43.5. The Hall–Kier alpha value is -2.77. The number of nitrogens with two attached hydrogens (primary N) is 1. The van der Waals surface area contributed by atoms with Gasteiger partial charge in [-0.3, -0.25) is 37.3 Å². The number of fused-ring (bicyclic) bond motifs is 1. The van der Waals surface area contributed by atoms with E-state index in [1.54, 1.807) is 6.92 Å². The van der Waals surface area contributed by atoms with Gasteiger partial charge < -0.3 is 50.9 Å². The Balaban J connectivity index is 1.44. The van der Waals surface area contributed by atoms with Crippen LogP contribution < -0.4 is 16.4 Å². The first-order valence-electron chi connectivity index (χ1n) is 17.5. The van der Waals surface area contributed by atoms with Crippen LogP contribution in [0.25, 0.3) is 11.2 Å². The van der Waals surface area contributed by atoms with Crippen LogP contribution in [-0.4, -0.2) is 128 Å². The first kappa shape index (κ1) is 49.6. The molecule has 0 radical (unpaired) electrons. The van der Waals surface area contributed by atoms with E-state index in [-0.39, 0.29) is 47.4 Å². The van der Waals surface area contributed by atoms with Crippen LogP contribution in [0, 0.1) is 5.41 Å². The lowest BCUT2D eigenvalue weighted by molar-refractivity contribution is -0.137. The first-order valence-corrected chi connectivity index (χ1v) is 23.0. The van der Waals surface area contributed by atoms with Crippen molar-refractivity contribution in [1.29, 1.82) is 0 Å². The number of anilines is 1. The van der Waals surface area contributed by atoms with E-state index < -0.39 is 84.6 Å². The summed E-state index contributed by atoms with van der Waals surface area (Å²) in [6.07, 6.45) is -4.51. The van der Waals surface area contributed by atoms with E-state index in [9.17, 15) is 62.7 Å². The SMILES string of the molecule is CCC(=O)CCCCC(=O)SCCNC(=O)CCNC(=O)C(O)C(C)(C)COP(=O)(O)OP(=O)(O)OCC1OC(n2cnc3c(N)ncnc32)C(O)C1OP(=O)(O)O. The molecule has 7 unspecified atom stereocenters. The molecule has 0 spiro atoms. The van der Waals surface area contributed by atoms with Gasteiger partial charge >= 0.3 is 23.5 Å². The molecule has 1 fully saturated rings. The zero-order valence-corrected chi connectivity index (χ0v) is 35.0. The fraction of sp³-hybridized carbons (Fsp3) is 0.690. The van der Waals surface area contributed by atoms with E-state index in [4.69, 9.17) is 19.5 Å². The molecule has 0 saturated carbocycles. The molecular weight excluding hydrogens is 859 g/mol. The van der Waals surface area contributed by atoms with Crippen molar-refractivity contribution in [1.82, 2.24) is 30.2 Å². The first-order chi connectivity index (χ1) is 26.9. The topological polar surface area (TPSA) is 381 Å². The number of hydrogen-bond acceptors (Lipinski definition) is 19. The number of amides is 2. The summed E-state index contributed by atoms with van der Waals surface area (Å²) in [6, 6.07) is 0. The molecule has 1 aliphatic rings. The summed E-state index contributed by atoms with van der Waals surface area (Å²) in [4.78, 5) is 98.9. The van der Waals surface area contributed by atoms with Crippen LogP contribution in [0.5, 0.6) is 0 Å². The molecule has 2 amide bonds. The number of hydrogen-bond donors (Lipinski definition) is 9. The van der Waals surface area contributed by atoms with Crippen LogP contribution >= 0.6 is 35.2 Å². The van der Waals surface area contributed by atoms with Crippen molar-refractivity contribution in [2.45, 2.75) is 89.9 Å². The molecule has 1 aliphatic heterocycles. The predicted octanol–water partition coefficient (Wildman–Crippen LogP) is 0.204. The lowest BCUT2D eigenvalue weighted by Gasteiger charge is -2.30. The summed E-state index contributed by atoms with van der Waals surface area (Å²) in [7, 11) is -16.4. The minimum absolute atomic E-state index is 0.0264. The lowest BCUT2D eigenvalue weighted by atomic mass is 9.87. The molecule has 3 rings (SSSR count). The van der Waals surface area contributed by atoms with Crippen molar-refractivity contribution in [3.63, 3.8) is 0 Å². The van der Waals surface area contributed by atoms with E-state index in [1.807, 2.05) is 0 Å². The Bertz CT molecular complexity index is 1900. The number of carbonyl (C=O) groups excluding carboxylic acids is 4. The number of thioether (sulfide) groups is 1. The number of carbonyl (C=O) groups is 4. The van der Waals surface area contributed by atoms with Gasteiger partial charge in [0.1, 0.15) is 42.0 Å². The zero-order valence-electron chi connectivity index (χ0n) is 31.5. The summed E-state index contributed by atoms with van der Waals surface area (Å²) in [5, 5.41) is 26.3. The maximum absolute atomic E-state index is 12.7. The molecule has 58 heavy (non-hydrogen) atoms. The number of aromatic nitrogens is 4. The second kappa shape index (κ2) is 21.7. The number of unbranched alkanes of at least 4 members (excludes halogenated alkanes) is 1. The van der Waals surface area contributed by atoms with E-state index in [1.165, 1.54) is 13.8 Å². The number of phosphoric ester groups is 3. The maximum Gasteiger partial charge on any atom is 0.481 e. The number of phosphoric acid groups is 3. The third-order valence-electron chi connectivity index (χ3n) is 8.25. The van der Waals surface area contributed by atoms with E-state index in [2.05, 4.69) is 34.4 Å². The third kappa shape index (κ3) is 15.7. The number of nitrogen functional groups attached to an aromatic ring is 1. The van der Waals surface area contributed by atoms with Gasteiger partial charge in [-0.25, -0.2) is 28.6 Å². The predicted molar refractivity (Wildman–Crippen MR) is 201 cm³/mol. The molecule has 0 bridgehead atoms. The number of nitrogens with zero attached hydrogens (tertiary/aromatic N) is 4. The number of aliphatic hydroxyl groups is 2. The highest BCUT2D eigenvalue weighted by Gasteiger charge is 2.50. The number of nitrogens with one attached hydrogen (secondary N) is 2. The molecular formula is C29H48N7O18P3S. The van der Waals surface area contributed by atoms with Gasteiger partial charge in [0, 0.05) is 49.9 Å². The summed E-state index contributed by atoms with van der Waals surface area (Å²) >= 11 is 1.05. The second-order valence-corrected chi connectivity index (χ2v) is 18.8. The van der Waals surface area contributed by atoms with E-state index >= 15 is 0 Å². The maximum atomic E-state index is 12.7. The van der Waals surface area contributed by atoms with Gasteiger partial charge in [-0.2, -0.15) is 4.31 Å². The van der Waals surface area contributed by atoms with Crippen LogP contribution in [0.3, 0.4) is 0 Å². The Labute approximate surface area is 335 Å². The van der Waals surface area contributed by atoms with Gasteiger partial charge in [0.2, 0.25) is 11.8 Å². The van der Waals surface area contributed by atoms with Gasteiger partial charge in [0.15, 0.2) is 22.8 Å². The Kier molecular flexibility index (Phi) is 18.5. The Morgan fingerprint density at radius 2 is 1.67 bits per heavy atom. The molecule has 1 saturated heterocycles. The van der Waals surface area contributed by atoms with Crippen LogP contribution in [-0.2, 0) is 55.5 Å². The van der Waals surface area contributed by atoms with E-state index in [0.717, 1.165) is 29.0 Å². The highest BCUT2D eigenvalue weighted by Crippen LogP contribution is 2.61. The average molecular weight is 908 g/mol. The normalized spacial score (nSPS) is 21.3. The average Bonchev–Trinajstić information content (AvgIpc) is 3.69. The quantitative estimate of drug-likeness (QED) is 0.0475. The minimum atomic E-state index is -5.58. The van der Waals surface area contributed by atoms with Gasteiger partial charge in [0.05, 0.1) is 19.5 Å². The monoisotopic (exact) mass is 907 g/mol. The number of Topliss-reactive ketones (excluding diaryl/α,β-unsaturated/α-hetero) is 1. The molecule has 10 N–H and O–H groups in total. The lowest BCUT2D eigenvalue weighted by Crippen LogP contribution is -2.46. The minimum Gasteiger partial charge on any atom is -0.386 e. The van der Waals surface area contributed by atoms with Gasteiger partial charge in [-0.1, -0.05) is 32.5 Å². The van der Waals surface area contributed by atoms with Crippen molar-refractivity contribution >= 4 is 74.9 Å². The standard InChI is InChI=1S/C29H48N7O18P3S/c1-4-17(37)7-5-6-8-20(39)58-12-11-31-19(38)9-10-32-27(42)24(41)29(2,3)14-51-57(48,49)54-56(46,47)50-13-18-23(53-55(43,44)45)22(40)28(52-18)36-16-35-21-25(30)33-15-34-26(21)36/h15-16,18,22-24,28,40-41H,4-14H2,1-3H3,(H,31,38)(H,32,42)(H,46,47)(H,48,49)(H2,30,33,34)(H2,43,44,45). The summed E-state index contributed by atoms with van der Waals surface area (Å²) < 4.78 is 62.1. The highest BCUT2D eigenvalue weighted by atomic mass is 32.2. The van der Waals surface area contributed by atoms with Crippen molar-refractivity contribution in [3.8, 4) is 0 Å². The van der Waals surface area contributed by atoms with Gasteiger partial charge in [-0.15, -0.1) is 0 Å². The second-order valence-electron chi connectivity index (χ2n) is 13.4. The Morgan fingerprint density at radius 3 is 2.34 bits per heavy atom. The largest absolute Gasteiger partial charge is 0.481 e. The summed E-state index contributed by atoms with van der Waals surface area (Å²) in [5.74, 6) is -1.02. The third-order valence-corrected chi connectivity index (χ3v) is 12.3. The molecule has 3 heterocycles. The number of imidazole rings is 1. The van der Waals surface area contributed by atoms with Crippen molar-refractivity contribution in [3.05, 3.63) is 12.7 Å². The highest BCUT2D eigenvalue weighted by molar-refractivity contribution is 8.13. The molecule has 29 heteroatoms. The molecule has 2 aromatic rings. The molecule has 2 aromatic heterocycles. The molecule has 0 aliphatic carbocycles. The van der Waals surface area contributed by atoms with Crippen molar-refractivity contribution in [2.24, 2.45) is 5.41 Å². The molecule has 0 aromatic carbocycles. The van der Waals surface area contributed by atoms with Crippen LogP contribution in [0.1, 0.15) is 65.5 Å². The number of ketones is 1. The van der Waals surface area contributed by atoms with Crippen LogP contribution in [0.4, 0.5) is 5.82 Å². The summed E-state index contributed by atoms with van der Waals surface area (Å²) in [6.45, 7) is 2.20. The number of aliphatic hydroxyl groups excluding tert-OH is 2. The van der Waals surface area contributed by atoms with E-state index in [0.29, 0.717) is 37.9 Å². The molecule has 7 atom stereocenters. The summed E-state index contributed by atoms with van der Waals surface area (Å²) in [5.41, 5.74) is 4.24. The fourth-order valence-electron chi connectivity index (χ4n) is 5.14. The smallest absolute Gasteiger partial charge is 0.386 e. The number of rotatable bonds is 25. The molecule has 328 valence electrons. The van der Waals surface area contributed by atoms with Gasteiger partial charge in [-0.05, 0) is 12.8 Å². The van der Waals surface area contributed by atoms with Crippen molar-refractivity contribution in [2.75, 3.05) is 37.8 Å². The van der Waals surface area contributed by atoms with Crippen LogP contribution in [0.15, 0.2) is 12.7 Å². The van der Waals surface area contributed by atoms with Crippen molar-refractivity contribution < 1.29 is 85.3 Å².